The molecular formula is C19H24N2O2S. The Balaban J connectivity index is 1.70. The summed E-state index contributed by atoms with van der Waals surface area (Å²) in [5, 5.41) is 9.48. The predicted octanol–water partition coefficient (Wildman–Crippen LogP) is 3.50. The first-order chi connectivity index (χ1) is 11.5. The zero-order valence-corrected chi connectivity index (χ0v) is 15.3. The summed E-state index contributed by atoms with van der Waals surface area (Å²) in [5.41, 5.74) is 5.50. The molecule has 24 heavy (non-hydrogen) atoms. The largest absolute Gasteiger partial charge is 0.352 e. The quantitative estimate of drug-likeness (QED) is 0.755. The normalized spacial score (nSPS) is 10.5. The van der Waals surface area contributed by atoms with Gasteiger partial charge in [-0.05, 0) is 55.3 Å². The third kappa shape index (κ3) is 5.20. The van der Waals surface area contributed by atoms with Crippen molar-refractivity contribution < 1.29 is 9.59 Å². The molecule has 0 spiro atoms. The SMILES string of the molecule is Cc1cc(C)c(CNC(=O)CCCNC(=O)c2ccsc2)c(C)c1. The Morgan fingerprint density at radius 3 is 2.42 bits per heavy atom. The van der Waals surface area contributed by atoms with Gasteiger partial charge in [-0.3, -0.25) is 9.59 Å². The molecule has 2 aromatic rings. The zero-order chi connectivity index (χ0) is 17.5. The van der Waals surface area contributed by atoms with Crippen molar-refractivity contribution in [1.82, 2.24) is 10.6 Å². The van der Waals surface area contributed by atoms with Crippen LogP contribution in [0.3, 0.4) is 0 Å². The van der Waals surface area contributed by atoms with Gasteiger partial charge in [0.1, 0.15) is 0 Å². The Morgan fingerprint density at radius 1 is 1.08 bits per heavy atom. The van der Waals surface area contributed by atoms with Gasteiger partial charge in [-0.2, -0.15) is 11.3 Å². The number of hydrogen-bond acceptors (Lipinski definition) is 3. The van der Waals surface area contributed by atoms with E-state index < -0.39 is 0 Å². The molecule has 2 rings (SSSR count). The van der Waals surface area contributed by atoms with Crippen molar-refractivity contribution >= 4 is 23.2 Å². The molecule has 0 bridgehead atoms. The number of nitrogens with one attached hydrogen (secondary N) is 2. The monoisotopic (exact) mass is 344 g/mol. The van der Waals surface area contributed by atoms with Crippen LogP contribution in [0.2, 0.25) is 0 Å². The minimum absolute atomic E-state index is 0.0131. The van der Waals surface area contributed by atoms with Crippen LogP contribution in [0.15, 0.2) is 29.0 Å². The van der Waals surface area contributed by atoms with Crippen LogP contribution in [0.25, 0.3) is 0 Å². The Morgan fingerprint density at radius 2 is 1.79 bits per heavy atom. The highest BCUT2D eigenvalue weighted by molar-refractivity contribution is 7.08. The summed E-state index contributed by atoms with van der Waals surface area (Å²) in [7, 11) is 0. The molecule has 0 aliphatic carbocycles. The molecule has 128 valence electrons. The second-order valence-corrected chi connectivity index (χ2v) is 6.81. The topological polar surface area (TPSA) is 58.2 Å². The summed E-state index contributed by atoms with van der Waals surface area (Å²) < 4.78 is 0. The Kier molecular flexibility index (Phi) is 6.55. The molecule has 0 unspecified atom stereocenters. The zero-order valence-electron chi connectivity index (χ0n) is 14.4. The molecular weight excluding hydrogens is 320 g/mol. The van der Waals surface area contributed by atoms with Crippen molar-refractivity contribution in [3.63, 3.8) is 0 Å². The van der Waals surface area contributed by atoms with Gasteiger partial charge < -0.3 is 10.6 Å². The van der Waals surface area contributed by atoms with Crippen LogP contribution in [0, 0.1) is 20.8 Å². The van der Waals surface area contributed by atoms with Gasteiger partial charge in [0.2, 0.25) is 5.91 Å². The first-order valence-corrected chi connectivity index (χ1v) is 9.05. The van der Waals surface area contributed by atoms with Crippen LogP contribution < -0.4 is 10.6 Å². The van der Waals surface area contributed by atoms with Gasteiger partial charge in [-0.15, -0.1) is 0 Å². The molecule has 0 saturated heterocycles. The van der Waals surface area contributed by atoms with E-state index in [1.165, 1.54) is 33.6 Å². The number of aryl methyl sites for hydroxylation is 3. The van der Waals surface area contributed by atoms with Crippen LogP contribution in [-0.4, -0.2) is 18.4 Å². The number of carbonyl (C=O) groups is 2. The van der Waals surface area contributed by atoms with Gasteiger partial charge in [0.15, 0.2) is 0 Å². The van der Waals surface area contributed by atoms with E-state index in [0.29, 0.717) is 31.5 Å². The second kappa shape index (κ2) is 8.64. The van der Waals surface area contributed by atoms with E-state index in [0.717, 1.165) is 0 Å². The molecule has 2 amide bonds. The van der Waals surface area contributed by atoms with E-state index in [4.69, 9.17) is 0 Å². The molecule has 4 nitrogen and oxygen atoms in total. The smallest absolute Gasteiger partial charge is 0.252 e. The Hall–Kier alpha value is -2.14. The Bertz CT molecular complexity index is 685. The Labute approximate surface area is 147 Å². The molecule has 0 aliphatic rings. The van der Waals surface area contributed by atoms with Crippen LogP contribution in [0.1, 0.15) is 45.5 Å². The minimum atomic E-state index is -0.0810. The van der Waals surface area contributed by atoms with Crippen molar-refractivity contribution in [3.05, 3.63) is 56.8 Å². The molecule has 1 heterocycles. The summed E-state index contributed by atoms with van der Waals surface area (Å²) in [5.74, 6) is -0.0679. The van der Waals surface area contributed by atoms with Gasteiger partial charge in [0, 0.05) is 30.5 Å². The molecule has 5 heteroatoms. The van der Waals surface area contributed by atoms with Crippen LogP contribution >= 0.6 is 11.3 Å². The third-order valence-electron chi connectivity index (χ3n) is 3.95. The maximum Gasteiger partial charge on any atom is 0.252 e. The van der Waals surface area contributed by atoms with Gasteiger partial charge in [-0.1, -0.05) is 17.7 Å². The van der Waals surface area contributed by atoms with Crippen molar-refractivity contribution in [2.45, 2.75) is 40.2 Å². The van der Waals surface area contributed by atoms with Crippen molar-refractivity contribution in [2.75, 3.05) is 6.54 Å². The van der Waals surface area contributed by atoms with Crippen LogP contribution in [0.5, 0.6) is 0 Å². The standard InChI is InChI=1S/C19H24N2O2S/c1-13-9-14(2)17(15(3)10-13)11-21-18(22)5-4-7-20-19(23)16-6-8-24-12-16/h6,8-10,12H,4-5,7,11H2,1-3H3,(H,20,23)(H,21,22). The highest BCUT2D eigenvalue weighted by atomic mass is 32.1. The number of amides is 2. The van der Waals surface area contributed by atoms with E-state index >= 15 is 0 Å². The van der Waals surface area contributed by atoms with E-state index in [9.17, 15) is 9.59 Å². The van der Waals surface area contributed by atoms with E-state index in [1.807, 2.05) is 10.8 Å². The van der Waals surface area contributed by atoms with Gasteiger partial charge in [-0.25, -0.2) is 0 Å². The average Bonchev–Trinajstić information content (AvgIpc) is 3.04. The fourth-order valence-corrected chi connectivity index (χ4v) is 3.35. The summed E-state index contributed by atoms with van der Waals surface area (Å²) in [4.78, 5) is 23.7. The number of hydrogen-bond donors (Lipinski definition) is 2. The predicted molar refractivity (Wildman–Crippen MR) is 98.4 cm³/mol. The van der Waals surface area contributed by atoms with Crippen molar-refractivity contribution in [2.24, 2.45) is 0 Å². The number of thiophene rings is 1. The van der Waals surface area contributed by atoms with Crippen LogP contribution in [-0.2, 0) is 11.3 Å². The maximum absolute atomic E-state index is 12.0. The lowest BCUT2D eigenvalue weighted by molar-refractivity contribution is -0.121. The fourth-order valence-electron chi connectivity index (χ4n) is 2.71. The van der Waals surface area contributed by atoms with E-state index in [1.54, 1.807) is 6.07 Å². The molecule has 1 aromatic carbocycles. The number of benzene rings is 1. The molecule has 0 aliphatic heterocycles. The third-order valence-corrected chi connectivity index (χ3v) is 4.64. The van der Waals surface area contributed by atoms with Crippen molar-refractivity contribution in [3.8, 4) is 0 Å². The molecule has 0 atom stereocenters. The van der Waals surface area contributed by atoms with Gasteiger partial charge >= 0.3 is 0 Å². The number of rotatable bonds is 7. The van der Waals surface area contributed by atoms with Gasteiger partial charge in [0.05, 0.1) is 0 Å². The first-order valence-electron chi connectivity index (χ1n) is 8.11. The van der Waals surface area contributed by atoms with E-state index in [-0.39, 0.29) is 11.8 Å². The highest BCUT2D eigenvalue weighted by Gasteiger charge is 2.08. The molecule has 0 fully saturated rings. The van der Waals surface area contributed by atoms with E-state index in [2.05, 4.69) is 43.5 Å². The lowest BCUT2D eigenvalue weighted by Crippen LogP contribution is -2.27. The number of carbonyl (C=O) groups excluding carboxylic acids is 2. The fraction of sp³-hybridized carbons (Fsp3) is 0.368. The maximum atomic E-state index is 12.0. The highest BCUT2D eigenvalue weighted by Crippen LogP contribution is 2.16. The lowest BCUT2D eigenvalue weighted by atomic mass is 10.00. The summed E-state index contributed by atoms with van der Waals surface area (Å²) in [6.07, 6.45) is 1.04. The van der Waals surface area contributed by atoms with Gasteiger partial charge in [0.25, 0.3) is 5.91 Å². The first kappa shape index (κ1) is 18.2. The summed E-state index contributed by atoms with van der Waals surface area (Å²) in [6.45, 7) is 7.28. The average molecular weight is 344 g/mol. The second-order valence-electron chi connectivity index (χ2n) is 6.03. The molecule has 0 radical (unpaired) electrons. The van der Waals surface area contributed by atoms with Crippen molar-refractivity contribution in [1.29, 1.82) is 0 Å². The van der Waals surface area contributed by atoms with Crippen LogP contribution in [0.4, 0.5) is 0 Å². The minimum Gasteiger partial charge on any atom is -0.352 e. The summed E-state index contributed by atoms with van der Waals surface area (Å²) in [6, 6.07) is 6.06. The lowest BCUT2D eigenvalue weighted by Gasteiger charge is -2.12. The summed E-state index contributed by atoms with van der Waals surface area (Å²) >= 11 is 1.49. The molecule has 2 N–H and O–H groups in total. The molecule has 1 aromatic heterocycles. The molecule has 0 saturated carbocycles.